The van der Waals surface area contributed by atoms with Crippen LogP contribution in [0.5, 0.6) is 0 Å². The second-order valence-electron chi connectivity index (χ2n) is 11.4. The number of esters is 2. The summed E-state index contributed by atoms with van der Waals surface area (Å²) in [5.41, 5.74) is 0.848. The number of anilines is 1. The highest BCUT2D eigenvalue weighted by molar-refractivity contribution is 6.01. The smallest absolute Gasteiger partial charge is 0.408 e. The summed E-state index contributed by atoms with van der Waals surface area (Å²) >= 11 is 0. The minimum absolute atomic E-state index is 0.0193. The van der Waals surface area contributed by atoms with Gasteiger partial charge in [0.1, 0.15) is 30.7 Å². The van der Waals surface area contributed by atoms with Gasteiger partial charge in [-0.3, -0.25) is 4.79 Å². The summed E-state index contributed by atoms with van der Waals surface area (Å²) in [7, 11) is 0. The largest absolute Gasteiger partial charge is 0.457 e. The van der Waals surface area contributed by atoms with Gasteiger partial charge in [0.15, 0.2) is 0 Å². The van der Waals surface area contributed by atoms with Crippen molar-refractivity contribution < 1.29 is 37.8 Å². The lowest BCUT2D eigenvalue weighted by atomic mass is 10.0. The van der Waals surface area contributed by atoms with Crippen molar-refractivity contribution in [2.45, 2.75) is 52.0 Å². The SMILES string of the molecule is CC(C)(C)OC(=O)N[C@@H](Cc1ccccc1F)C(=O)Nc1cc(C(=O)OCc2ccccc2)cc(C(=O)OCc2ccccc2)c1. The number of carbonyl (C=O) groups is 4. The fourth-order valence-corrected chi connectivity index (χ4v) is 4.32. The molecule has 0 aliphatic carbocycles. The number of amides is 2. The average molecular weight is 627 g/mol. The Morgan fingerprint density at radius 2 is 1.22 bits per heavy atom. The van der Waals surface area contributed by atoms with Gasteiger partial charge in [0, 0.05) is 12.1 Å². The third-order valence-corrected chi connectivity index (χ3v) is 6.49. The van der Waals surface area contributed by atoms with Gasteiger partial charge in [-0.05, 0) is 61.7 Å². The maximum atomic E-state index is 14.5. The fourth-order valence-electron chi connectivity index (χ4n) is 4.32. The van der Waals surface area contributed by atoms with Crippen molar-refractivity contribution in [3.8, 4) is 0 Å². The second kappa shape index (κ2) is 15.5. The van der Waals surface area contributed by atoms with E-state index in [2.05, 4.69) is 10.6 Å². The van der Waals surface area contributed by atoms with Crippen molar-refractivity contribution in [2.24, 2.45) is 0 Å². The quantitative estimate of drug-likeness (QED) is 0.142. The van der Waals surface area contributed by atoms with Gasteiger partial charge >= 0.3 is 18.0 Å². The molecule has 0 heterocycles. The Labute approximate surface area is 266 Å². The number of alkyl carbamates (subject to hydrolysis) is 1. The van der Waals surface area contributed by atoms with Crippen LogP contribution in [0.1, 0.15) is 58.2 Å². The molecule has 46 heavy (non-hydrogen) atoms. The molecule has 4 aromatic rings. The third kappa shape index (κ3) is 10.3. The maximum Gasteiger partial charge on any atom is 0.408 e. The molecule has 9 nitrogen and oxygen atoms in total. The molecule has 0 bridgehead atoms. The van der Waals surface area contributed by atoms with Crippen LogP contribution < -0.4 is 10.6 Å². The third-order valence-electron chi connectivity index (χ3n) is 6.49. The van der Waals surface area contributed by atoms with Gasteiger partial charge in [-0.1, -0.05) is 78.9 Å². The lowest BCUT2D eigenvalue weighted by Gasteiger charge is -2.23. The Balaban J connectivity index is 1.60. The molecule has 2 amide bonds. The number of ether oxygens (including phenoxy) is 3. The molecule has 0 unspecified atom stereocenters. The minimum Gasteiger partial charge on any atom is -0.457 e. The van der Waals surface area contributed by atoms with Crippen LogP contribution in [0, 0.1) is 5.82 Å². The van der Waals surface area contributed by atoms with Crippen molar-refractivity contribution >= 4 is 29.6 Å². The predicted octanol–water partition coefficient (Wildman–Crippen LogP) is 6.61. The first kappa shape index (κ1) is 33.4. The molecule has 0 aromatic heterocycles. The highest BCUT2D eigenvalue weighted by Crippen LogP contribution is 2.20. The standard InChI is InChI=1S/C36H35FN2O7/c1-36(2,3)46-35(43)39-31(21-26-16-10-11-17-30(26)37)32(40)38-29-19-27(33(41)44-22-24-12-6-4-7-13-24)18-28(20-29)34(42)45-23-25-14-8-5-9-15-25/h4-20,31H,21-23H2,1-3H3,(H,38,40)(H,39,43)/t31-/m0/s1. The van der Waals surface area contributed by atoms with E-state index in [0.717, 1.165) is 11.1 Å². The number of hydrogen-bond donors (Lipinski definition) is 2. The Morgan fingerprint density at radius 3 is 1.72 bits per heavy atom. The van der Waals surface area contributed by atoms with Gasteiger partial charge in [-0.25, -0.2) is 18.8 Å². The molecule has 1 atom stereocenters. The molecule has 0 aliphatic heterocycles. The molecule has 2 N–H and O–H groups in total. The van der Waals surface area contributed by atoms with Crippen LogP contribution >= 0.6 is 0 Å². The van der Waals surface area contributed by atoms with Crippen LogP contribution in [0.15, 0.2) is 103 Å². The molecule has 0 saturated heterocycles. The summed E-state index contributed by atoms with van der Waals surface area (Å²) < 4.78 is 30.8. The van der Waals surface area contributed by atoms with E-state index in [1.165, 1.54) is 36.4 Å². The summed E-state index contributed by atoms with van der Waals surface area (Å²) in [4.78, 5) is 52.4. The normalized spacial score (nSPS) is 11.6. The summed E-state index contributed by atoms with van der Waals surface area (Å²) in [5, 5.41) is 5.14. The maximum absolute atomic E-state index is 14.5. The van der Waals surface area contributed by atoms with Crippen LogP contribution in [-0.2, 0) is 38.6 Å². The molecular formula is C36H35FN2O7. The lowest BCUT2D eigenvalue weighted by molar-refractivity contribution is -0.118. The first-order chi connectivity index (χ1) is 22.0. The molecule has 0 fully saturated rings. The van der Waals surface area contributed by atoms with Gasteiger partial charge in [0.2, 0.25) is 5.91 Å². The topological polar surface area (TPSA) is 120 Å². The number of benzene rings is 4. The van der Waals surface area contributed by atoms with E-state index in [4.69, 9.17) is 14.2 Å². The van der Waals surface area contributed by atoms with Crippen LogP contribution in [0.3, 0.4) is 0 Å². The Morgan fingerprint density at radius 1 is 0.717 bits per heavy atom. The van der Waals surface area contributed by atoms with E-state index in [1.807, 2.05) is 36.4 Å². The van der Waals surface area contributed by atoms with E-state index >= 15 is 0 Å². The van der Waals surface area contributed by atoms with Crippen LogP contribution in [0.25, 0.3) is 0 Å². The van der Waals surface area contributed by atoms with Gasteiger partial charge in [0.25, 0.3) is 0 Å². The summed E-state index contributed by atoms with van der Waals surface area (Å²) in [6.45, 7) is 4.96. The predicted molar refractivity (Wildman–Crippen MR) is 169 cm³/mol. The Kier molecular flexibility index (Phi) is 11.2. The monoisotopic (exact) mass is 626 g/mol. The van der Waals surface area contributed by atoms with E-state index in [-0.39, 0.29) is 42.0 Å². The summed E-state index contributed by atoms with van der Waals surface area (Å²) in [6, 6.07) is 26.7. The lowest BCUT2D eigenvalue weighted by Crippen LogP contribution is -2.47. The molecule has 4 rings (SSSR count). The van der Waals surface area contributed by atoms with Gasteiger partial charge < -0.3 is 24.8 Å². The second-order valence-corrected chi connectivity index (χ2v) is 11.4. The first-order valence-electron chi connectivity index (χ1n) is 14.6. The zero-order valence-electron chi connectivity index (χ0n) is 25.7. The molecule has 0 spiro atoms. The summed E-state index contributed by atoms with van der Waals surface area (Å²) in [6.07, 6.45) is -1.09. The highest BCUT2D eigenvalue weighted by Gasteiger charge is 2.26. The fraction of sp³-hybridized carbons (Fsp3) is 0.222. The van der Waals surface area contributed by atoms with E-state index in [0.29, 0.717) is 0 Å². The van der Waals surface area contributed by atoms with Crippen molar-refractivity contribution in [3.63, 3.8) is 0 Å². The molecule has 4 aromatic carbocycles. The van der Waals surface area contributed by atoms with Gasteiger partial charge in [0.05, 0.1) is 11.1 Å². The van der Waals surface area contributed by atoms with Crippen molar-refractivity contribution in [2.75, 3.05) is 5.32 Å². The van der Waals surface area contributed by atoms with Crippen molar-refractivity contribution in [1.29, 1.82) is 0 Å². The van der Waals surface area contributed by atoms with E-state index in [1.54, 1.807) is 51.1 Å². The van der Waals surface area contributed by atoms with E-state index in [9.17, 15) is 23.6 Å². The Hall–Kier alpha value is -5.51. The molecular weight excluding hydrogens is 591 g/mol. The minimum atomic E-state index is -1.28. The number of nitrogens with one attached hydrogen (secondary N) is 2. The number of carbonyl (C=O) groups excluding carboxylic acids is 4. The van der Waals surface area contributed by atoms with Crippen LogP contribution in [0.4, 0.5) is 14.9 Å². The van der Waals surface area contributed by atoms with Crippen LogP contribution in [0.2, 0.25) is 0 Å². The van der Waals surface area contributed by atoms with Crippen LogP contribution in [-0.4, -0.2) is 35.6 Å². The zero-order chi connectivity index (χ0) is 33.1. The summed E-state index contributed by atoms with van der Waals surface area (Å²) in [5.74, 6) is -2.79. The molecule has 10 heteroatoms. The number of halogens is 1. The molecule has 0 radical (unpaired) electrons. The highest BCUT2D eigenvalue weighted by atomic mass is 19.1. The van der Waals surface area contributed by atoms with Gasteiger partial charge in [-0.15, -0.1) is 0 Å². The molecule has 0 aliphatic rings. The zero-order valence-corrected chi connectivity index (χ0v) is 25.7. The number of hydrogen-bond acceptors (Lipinski definition) is 7. The van der Waals surface area contributed by atoms with Gasteiger partial charge in [-0.2, -0.15) is 0 Å². The molecule has 238 valence electrons. The van der Waals surface area contributed by atoms with Crippen molar-refractivity contribution in [1.82, 2.24) is 5.32 Å². The average Bonchev–Trinajstić information content (AvgIpc) is 3.03. The van der Waals surface area contributed by atoms with Crippen molar-refractivity contribution in [3.05, 3.63) is 137 Å². The Bertz CT molecular complexity index is 1600. The van der Waals surface area contributed by atoms with E-state index < -0.39 is 41.4 Å². The first-order valence-corrected chi connectivity index (χ1v) is 14.6. The molecule has 0 saturated carbocycles. The number of rotatable bonds is 11.